The lowest BCUT2D eigenvalue weighted by atomic mass is 10.0. The molecule has 2 nitrogen and oxygen atoms in total. The molecule has 0 heterocycles. The molecule has 0 aliphatic heterocycles. The zero-order valence-electron chi connectivity index (χ0n) is 10.2. The van der Waals surface area contributed by atoms with Crippen molar-refractivity contribution in [3.05, 3.63) is 30.1 Å². The van der Waals surface area contributed by atoms with E-state index < -0.39 is 0 Å². The Balaban J connectivity index is 2.58. The largest absolute Gasteiger partial charge is 0.391 e. The summed E-state index contributed by atoms with van der Waals surface area (Å²) in [5.74, 6) is 0.0440. The van der Waals surface area contributed by atoms with Gasteiger partial charge in [-0.3, -0.25) is 0 Å². The summed E-state index contributed by atoms with van der Waals surface area (Å²) >= 11 is 0. The molecule has 0 spiro atoms. The van der Waals surface area contributed by atoms with E-state index in [2.05, 4.69) is 6.92 Å². The number of aliphatic hydroxyl groups excluding tert-OH is 1. The van der Waals surface area contributed by atoms with Crippen molar-refractivity contribution in [1.82, 2.24) is 0 Å². The molecule has 2 atom stereocenters. The third kappa shape index (κ3) is 3.49. The summed E-state index contributed by atoms with van der Waals surface area (Å²) in [6, 6.07) is 6.31. The monoisotopic (exact) mass is 225 g/mol. The van der Waals surface area contributed by atoms with Crippen LogP contribution >= 0.6 is 0 Å². The molecule has 90 valence electrons. The molecule has 3 heteroatoms. The number of aliphatic hydroxyl groups is 1. The molecule has 1 rings (SSSR count). The number of benzene rings is 1. The second-order valence-electron chi connectivity index (χ2n) is 4.31. The van der Waals surface area contributed by atoms with Crippen molar-refractivity contribution in [2.45, 2.75) is 26.4 Å². The lowest BCUT2D eigenvalue weighted by molar-refractivity contribution is 0.121. The maximum absolute atomic E-state index is 12.7. The first-order chi connectivity index (χ1) is 7.54. The van der Waals surface area contributed by atoms with E-state index in [1.165, 1.54) is 12.1 Å². The fourth-order valence-electron chi connectivity index (χ4n) is 1.53. The molecule has 0 aliphatic rings. The van der Waals surface area contributed by atoms with E-state index in [0.29, 0.717) is 6.54 Å². The van der Waals surface area contributed by atoms with Gasteiger partial charge in [0, 0.05) is 19.3 Å². The van der Waals surface area contributed by atoms with Crippen molar-refractivity contribution >= 4 is 5.69 Å². The van der Waals surface area contributed by atoms with Crippen LogP contribution < -0.4 is 4.90 Å². The molecular weight excluding hydrogens is 205 g/mol. The highest BCUT2D eigenvalue weighted by molar-refractivity contribution is 5.45. The van der Waals surface area contributed by atoms with Crippen LogP contribution in [0.3, 0.4) is 0 Å². The molecule has 0 amide bonds. The van der Waals surface area contributed by atoms with Crippen molar-refractivity contribution in [3.8, 4) is 0 Å². The highest BCUT2D eigenvalue weighted by atomic mass is 19.1. The fraction of sp³-hybridized carbons (Fsp3) is 0.538. The maximum atomic E-state index is 12.7. The third-order valence-corrected chi connectivity index (χ3v) is 3.03. The van der Waals surface area contributed by atoms with Crippen LogP contribution in [0.5, 0.6) is 0 Å². The quantitative estimate of drug-likeness (QED) is 0.832. The average Bonchev–Trinajstić information content (AvgIpc) is 2.28. The minimum atomic E-state index is -0.347. The topological polar surface area (TPSA) is 23.5 Å². The van der Waals surface area contributed by atoms with Gasteiger partial charge in [-0.2, -0.15) is 0 Å². The number of anilines is 1. The maximum Gasteiger partial charge on any atom is 0.123 e. The molecule has 0 bridgehead atoms. The van der Waals surface area contributed by atoms with Gasteiger partial charge in [0.15, 0.2) is 0 Å². The van der Waals surface area contributed by atoms with Crippen molar-refractivity contribution in [1.29, 1.82) is 0 Å². The highest BCUT2D eigenvalue weighted by Crippen LogP contribution is 2.16. The van der Waals surface area contributed by atoms with E-state index in [-0.39, 0.29) is 17.8 Å². The van der Waals surface area contributed by atoms with Gasteiger partial charge in [0.1, 0.15) is 5.82 Å². The molecule has 0 aliphatic carbocycles. The van der Waals surface area contributed by atoms with Gasteiger partial charge in [-0.15, -0.1) is 0 Å². The lowest BCUT2D eigenvalue weighted by Crippen LogP contribution is -2.33. The molecule has 0 radical (unpaired) electrons. The minimum Gasteiger partial charge on any atom is -0.391 e. The van der Waals surface area contributed by atoms with Crippen LogP contribution in [0.15, 0.2) is 24.3 Å². The van der Waals surface area contributed by atoms with E-state index in [0.717, 1.165) is 12.1 Å². The Hall–Kier alpha value is -1.09. The van der Waals surface area contributed by atoms with Gasteiger partial charge in [-0.25, -0.2) is 4.39 Å². The van der Waals surface area contributed by atoms with Gasteiger partial charge in [-0.05, 0) is 30.2 Å². The number of nitrogens with zero attached hydrogens (tertiary/aromatic N) is 1. The molecule has 0 aromatic heterocycles. The van der Waals surface area contributed by atoms with Crippen LogP contribution in [0.4, 0.5) is 10.1 Å². The first-order valence-electron chi connectivity index (χ1n) is 5.69. The van der Waals surface area contributed by atoms with Crippen molar-refractivity contribution in [3.63, 3.8) is 0 Å². The van der Waals surface area contributed by atoms with Crippen LogP contribution in [-0.2, 0) is 0 Å². The molecule has 0 saturated heterocycles. The van der Waals surface area contributed by atoms with E-state index in [1.54, 1.807) is 12.1 Å². The Morgan fingerprint density at radius 3 is 2.38 bits per heavy atom. The predicted octanol–water partition coefficient (Wildman–Crippen LogP) is 2.67. The zero-order chi connectivity index (χ0) is 12.1. The van der Waals surface area contributed by atoms with E-state index >= 15 is 0 Å². The average molecular weight is 225 g/mol. The fourth-order valence-corrected chi connectivity index (χ4v) is 1.53. The molecule has 0 fully saturated rings. The van der Waals surface area contributed by atoms with E-state index in [9.17, 15) is 9.50 Å². The molecule has 1 aromatic carbocycles. The first kappa shape index (κ1) is 13.0. The van der Waals surface area contributed by atoms with Gasteiger partial charge < -0.3 is 10.0 Å². The Labute approximate surface area is 96.7 Å². The number of hydrogen-bond acceptors (Lipinski definition) is 2. The van der Waals surface area contributed by atoms with Gasteiger partial charge in [-0.1, -0.05) is 20.3 Å². The standard InChI is InChI=1S/C13H20FNO/c1-4-10(2)13(16)9-15(3)12-7-5-11(14)6-8-12/h5-8,10,13,16H,4,9H2,1-3H3. The van der Waals surface area contributed by atoms with Crippen molar-refractivity contribution in [2.24, 2.45) is 5.92 Å². The van der Waals surface area contributed by atoms with Gasteiger partial charge in [0.2, 0.25) is 0 Å². The second-order valence-corrected chi connectivity index (χ2v) is 4.31. The van der Waals surface area contributed by atoms with Crippen LogP contribution in [0.1, 0.15) is 20.3 Å². The van der Waals surface area contributed by atoms with E-state index in [4.69, 9.17) is 0 Å². The number of hydrogen-bond donors (Lipinski definition) is 1. The molecule has 16 heavy (non-hydrogen) atoms. The number of rotatable bonds is 5. The molecule has 1 N–H and O–H groups in total. The molecule has 0 saturated carbocycles. The normalized spacial score (nSPS) is 14.6. The smallest absolute Gasteiger partial charge is 0.123 e. The van der Waals surface area contributed by atoms with Crippen LogP contribution in [0.2, 0.25) is 0 Å². The van der Waals surface area contributed by atoms with Gasteiger partial charge in [0.05, 0.1) is 6.10 Å². The Kier molecular flexibility index (Phi) is 4.74. The Morgan fingerprint density at radius 2 is 1.88 bits per heavy atom. The summed E-state index contributed by atoms with van der Waals surface area (Å²) in [5, 5.41) is 9.89. The van der Waals surface area contributed by atoms with Gasteiger partial charge >= 0.3 is 0 Å². The van der Waals surface area contributed by atoms with E-state index in [1.807, 2.05) is 18.9 Å². The SMILES string of the molecule is CCC(C)C(O)CN(C)c1ccc(F)cc1. The minimum absolute atomic E-state index is 0.236. The van der Waals surface area contributed by atoms with Crippen LogP contribution in [0, 0.1) is 11.7 Å². The molecule has 2 unspecified atom stereocenters. The third-order valence-electron chi connectivity index (χ3n) is 3.03. The summed E-state index contributed by atoms with van der Waals surface area (Å²) in [5.41, 5.74) is 0.920. The molecular formula is C13H20FNO. The summed E-state index contributed by atoms with van der Waals surface area (Å²) in [6.07, 6.45) is 0.610. The lowest BCUT2D eigenvalue weighted by Gasteiger charge is -2.25. The van der Waals surface area contributed by atoms with Crippen LogP contribution in [-0.4, -0.2) is 24.8 Å². The summed E-state index contributed by atoms with van der Waals surface area (Å²) in [7, 11) is 1.90. The predicted molar refractivity (Wildman–Crippen MR) is 65.1 cm³/mol. The Bertz CT molecular complexity index is 312. The number of halogens is 1. The van der Waals surface area contributed by atoms with Gasteiger partial charge in [0.25, 0.3) is 0 Å². The summed E-state index contributed by atoms with van der Waals surface area (Å²) in [6.45, 7) is 4.66. The highest BCUT2D eigenvalue weighted by Gasteiger charge is 2.14. The van der Waals surface area contributed by atoms with Crippen molar-refractivity contribution in [2.75, 3.05) is 18.5 Å². The molecule has 1 aromatic rings. The summed E-state index contributed by atoms with van der Waals surface area (Å²) < 4.78 is 12.7. The Morgan fingerprint density at radius 1 is 1.31 bits per heavy atom. The van der Waals surface area contributed by atoms with Crippen LogP contribution in [0.25, 0.3) is 0 Å². The second kappa shape index (κ2) is 5.85. The first-order valence-corrected chi connectivity index (χ1v) is 5.69. The number of likely N-dealkylation sites (N-methyl/N-ethyl adjacent to an activating group) is 1. The summed E-state index contributed by atoms with van der Waals surface area (Å²) in [4.78, 5) is 1.94. The zero-order valence-corrected chi connectivity index (χ0v) is 10.2. The van der Waals surface area contributed by atoms with Crippen molar-refractivity contribution < 1.29 is 9.50 Å².